The summed E-state index contributed by atoms with van der Waals surface area (Å²) in [6.07, 6.45) is 4.95. The summed E-state index contributed by atoms with van der Waals surface area (Å²) in [7, 11) is 0. The molecule has 106 valence electrons. The summed E-state index contributed by atoms with van der Waals surface area (Å²) in [5, 5.41) is 17.9. The highest BCUT2D eigenvalue weighted by molar-refractivity contribution is 5.94. The van der Waals surface area contributed by atoms with Crippen molar-refractivity contribution < 1.29 is 15.0 Å². The van der Waals surface area contributed by atoms with Crippen LogP contribution in [0, 0.1) is 17.8 Å². The zero-order valence-electron chi connectivity index (χ0n) is 11.2. The summed E-state index contributed by atoms with van der Waals surface area (Å²) in [4.78, 5) is 18.2. The number of pyridine rings is 1. The van der Waals surface area contributed by atoms with Crippen molar-refractivity contribution in [2.24, 2.45) is 5.92 Å². The number of carbonyl (C=O) groups excluding carboxylic acids is 1. The average Bonchev–Trinajstić information content (AvgIpc) is 2.52. The molecule has 1 atom stereocenters. The monoisotopic (exact) mass is 274 g/mol. The van der Waals surface area contributed by atoms with Gasteiger partial charge in [-0.05, 0) is 24.8 Å². The largest absolute Gasteiger partial charge is 0.396 e. The molecule has 1 fully saturated rings. The van der Waals surface area contributed by atoms with Crippen LogP contribution in [-0.4, -0.2) is 52.3 Å². The molecular formula is C15H18N2O3. The van der Waals surface area contributed by atoms with Gasteiger partial charge in [0.2, 0.25) is 0 Å². The number of hydrogen-bond donors (Lipinski definition) is 2. The van der Waals surface area contributed by atoms with E-state index in [0.29, 0.717) is 24.2 Å². The number of likely N-dealkylation sites (tertiary alicyclic amines) is 1. The van der Waals surface area contributed by atoms with E-state index in [1.54, 1.807) is 17.2 Å². The Morgan fingerprint density at radius 2 is 2.30 bits per heavy atom. The third-order valence-corrected chi connectivity index (χ3v) is 3.36. The Balaban J connectivity index is 2.12. The maximum absolute atomic E-state index is 12.4. The second-order valence-corrected chi connectivity index (χ2v) is 4.86. The van der Waals surface area contributed by atoms with Gasteiger partial charge in [0.05, 0.1) is 5.56 Å². The molecule has 1 aliphatic rings. The first-order chi connectivity index (χ1) is 9.74. The SMILES string of the molecule is O=C(c1cncc(C#CCO)c1)N1CCCC(CO)C1. The molecule has 2 rings (SSSR count). The van der Waals surface area contributed by atoms with Crippen molar-refractivity contribution in [1.82, 2.24) is 9.88 Å². The zero-order chi connectivity index (χ0) is 14.4. The van der Waals surface area contributed by atoms with Gasteiger partial charge in [0, 0.05) is 37.7 Å². The summed E-state index contributed by atoms with van der Waals surface area (Å²) in [5.41, 5.74) is 1.11. The van der Waals surface area contributed by atoms with Gasteiger partial charge in [-0.1, -0.05) is 11.8 Å². The maximum atomic E-state index is 12.4. The van der Waals surface area contributed by atoms with E-state index in [9.17, 15) is 9.90 Å². The molecule has 2 heterocycles. The van der Waals surface area contributed by atoms with Crippen LogP contribution < -0.4 is 0 Å². The van der Waals surface area contributed by atoms with Gasteiger partial charge in [-0.15, -0.1) is 0 Å². The van der Waals surface area contributed by atoms with E-state index in [0.717, 1.165) is 12.8 Å². The number of aliphatic hydroxyl groups excluding tert-OH is 2. The van der Waals surface area contributed by atoms with Gasteiger partial charge >= 0.3 is 0 Å². The predicted molar refractivity (Wildman–Crippen MR) is 73.9 cm³/mol. The molecule has 1 unspecified atom stereocenters. The average molecular weight is 274 g/mol. The molecule has 5 nitrogen and oxygen atoms in total. The van der Waals surface area contributed by atoms with E-state index in [2.05, 4.69) is 16.8 Å². The van der Waals surface area contributed by atoms with Crippen LogP contribution in [0.2, 0.25) is 0 Å². The summed E-state index contributed by atoms with van der Waals surface area (Å²) < 4.78 is 0. The molecule has 0 spiro atoms. The van der Waals surface area contributed by atoms with E-state index in [-0.39, 0.29) is 25.0 Å². The Bertz CT molecular complexity index is 533. The van der Waals surface area contributed by atoms with Crippen molar-refractivity contribution >= 4 is 5.91 Å². The fourth-order valence-corrected chi connectivity index (χ4v) is 2.35. The quantitative estimate of drug-likeness (QED) is 0.759. The van der Waals surface area contributed by atoms with Crippen LogP contribution in [0.4, 0.5) is 0 Å². The number of rotatable bonds is 2. The van der Waals surface area contributed by atoms with Crippen LogP contribution in [0.5, 0.6) is 0 Å². The molecule has 1 aromatic rings. The highest BCUT2D eigenvalue weighted by Gasteiger charge is 2.24. The van der Waals surface area contributed by atoms with Crippen LogP contribution in [0.25, 0.3) is 0 Å². The lowest BCUT2D eigenvalue weighted by Gasteiger charge is -2.31. The lowest BCUT2D eigenvalue weighted by molar-refractivity contribution is 0.0620. The second-order valence-electron chi connectivity index (χ2n) is 4.86. The van der Waals surface area contributed by atoms with Crippen LogP contribution in [0.1, 0.15) is 28.8 Å². The molecule has 1 aromatic heterocycles. The second kappa shape index (κ2) is 7.04. The Kier molecular flexibility index (Phi) is 5.10. The molecule has 1 aliphatic heterocycles. The molecule has 0 bridgehead atoms. The Morgan fingerprint density at radius 3 is 3.05 bits per heavy atom. The molecule has 2 N–H and O–H groups in total. The van der Waals surface area contributed by atoms with Crippen LogP contribution >= 0.6 is 0 Å². The normalized spacial score (nSPS) is 18.3. The molecule has 0 aromatic carbocycles. The number of carbonyl (C=O) groups is 1. The van der Waals surface area contributed by atoms with Crippen LogP contribution in [0.15, 0.2) is 18.5 Å². The van der Waals surface area contributed by atoms with Crippen LogP contribution in [-0.2, 0) is 0 Å². The first-order valence-corrected chi connectivity index (χ1v) is 6.69. The van der Waals surface area contributed by atoms with Gasteiger partial charge in [-0.3, -0.25) is 9.78 Å². The molecule has 20 heavy (non-hydrogen) atoms. The molecule has 1 saturated heterocycles. The number of hydrogen-bond acceptors (Lipinski definition) is 4. The van der Waals surface area contributed by atoms with Gasteiger partial charge in [0.15, 0.2) is 0 Å². The van der Waals surface area contributed by atoms with Crippen molar-refractivity contribution in [2.75, 3.05) is 26.3 Å². The van der Waals surface area contributed by atoms with Gasteiger partial charge in [-0.25, -0.2) is 0 Å². The number of amides is 1. The summed E-state index contributed by atoms with van der Waals surface area (Å²) in [6.45, 7) is 1.19. The molecule has 0 aliphatic carbocycles. The minimum atomic E-state index is -0.220. The van der Waals surface area contributed by atoms with E-state index < -0.39 is 0 Å². The lowest BCUT2D eigenvalue weighted by atomic mass is 9.98. The zero-order valence-corrected chi connectivity index (χ0v) is 11.2. The molecule has 1 amide bonds. The van der Waals surface area contributed by atoms with Crippen molar-refractivity contribution in [1.29, 1.82) is 0 Å². The van der Waals surface area contributed by atoms with Gasteiger partial charge in [0.1, 0.15) is 6.61 Å². The third kappa shape index (κ3) is 3.56. The first-order valence-electron chi connectivity index (χ1n) is 6.69. The van der Waals surface area contributed by atoms with Crippen molar-refractivity contribution in [3.05, 3.63) is 29.6 Å². The Morgan fingerprint density at radius 1 is 1.45 bits per heavy atom. The van der Waals surface area contributed by atoms with E-state index in [4.69, 9.17) is 5.11 Å². The minimum absolute atomic E-state index is 0.0803. The number of aromatic nitrogens is 1. The highest BCUT2D eigenvalue weighted by Crippen LogP contribution is 2.18. The maximum Gasteiger partial charge on any atom is 0.255 e. The fraction of sp³-hybridized carbons (Fsp3) is 0.467. The van der Waals surface area contributed by atoms with Crippen molar-refractivity contribution in [2.45, 2.75) is 12.8 Å². The molecule has 5 heteroatoms. The summed E-state index contributed by atoms with van der Waals surface area (Å²) in [6, 6.07) is 1.68. The van der Waals surface area contributed by atoms with E-state index >= 15 is 0 Å². The lowest BCUT2D eigenvalue weighted by Crippen LogP contribution is -2.41. The van der Waals surface area contributed by atoms with Gasteiger partial charge < -0.3 is 15.1 Å². The predicted octanol–water partition coefficient (Wildman–Crippen LogP) is 0.270. The first kappa shape index (κ1) is 14.5. The fourth-order valence-electron chi connectivity index (χ4n) is 2.35. The summed E-state index contributed by atoms with van der Waals surface area (Å²) >= 11 is 0. The molecule has 0 saturated carbocycles. The number of piperidine rings is 1. The number of nitrogens with zero attached hydrogens (tertiary/aromatic N) is 2. The van der Waals surface area contributed by atoms with E-state index in [1.807, 2.05) is 0 Å². The standard InChI is InChI=1S/C15H18N2O3/c18-6-2-4-12-7-14(9-16-8-12)15(20)17-5-1-3-13(10-17)11-19/h7-9,13,18-19H,1,3,5-6,10-11H2. The van der Waals surface area contributed by atoms with E-state index in [1.165, 1.54) is 6.20 Å². The third-order valence-electron chi connectivity index (χ3n) is 3.36. The van der Waals surface area contributed by atoms with Gasteiger partial charge in [-0.2, -0.15) is 0 Å². The van der Waals surface area contributed by atoms with Crippen molar-refractivity contribution in [3.8, 4) is 11.8 Å². The van der Waals surface area contributed by atoms with Crippen LogP contribution in [0.3, 0.4) is 0 Å². The van der Waals surface area contributed by atoms with Crippen molar-refractivity contribution in [3.63, 3.8) is 0 Å². The smallest absolute Gasteiger partial charge is 0.255 e. The topological polar surface area (TPSA) is 73.7 Å². The Labute approximate surface area is 118 Å². The minimum Gasteiger partial charge on any atom is -0.396 e. The molecular weight excluding hydrogens is 256 g/mol. The van der Waals surface area contributed by atoms with Gasteiger partial charge in [0.25, 0.3) is 5.91 Å². The Hall–Kier alpha value is -1.90. The highest BCUT2D eigenvalue weighted by atomic mass is 16.3. The molecule has 0 radical (unpaired) electrons. The number of aliphatic hydroxyl groups is 2. The summed E-state index contributed by atoms with van der Waals surface area (Å²) in [5.74, 6) is 5.36.